The third-order valence-electron chi connectivity index (χ3n) is 2.87. The van der Waals surface area contributed by atoms with E-state index in [-0.39, 0.29) is 0 Å². The van der Waals surface area contributed by atoms with Gasteiger partial charge in [-0.25, -0.2) is 0 Å². The third kappa shape index (κ3) is 2.83. The lowest BCUT2D eigenvalue weighted by Gasteiger charge is -2.20. The molecule has 0 fully saturated rings. The molecule has 0 radical (unpaired) electrons. The molecule has 0 atom stereocenters. The van der Waals surface area contributed by atoms with E-state index < -0.39 is 0 Å². The van der Waals surface area contributed by atoms with Crippen LogP contribution >= 0.6 is 11.6 Å². The van der Waals surface area contributed by atoms with Crippen LogP contribution in [0.2, 0.25) is 5.02 Å². The normalized spacial score (nSPS) is 14.1. The number of nitrogens with one attached hydrogen (secondary N) is 1. The molecule has 1 aliphatic rings. The Morgan fingerprint density at radius 1 is 1.59 bits per heavy atom. The van der Waals surface area contributed by atoms with E-state index in [2.05, 4.69) is 28.9 Å². The molecule has 1 N–H and O–H groups in total. The Morgan fingerprint density at radius 3 is 3.18 bits per heavy atom. The summed E-state index contributed by atoms with van der Waals surface area (Å²) < 4.78 is 0. The van der Waals surface area contributed by atoms with Crippen LogP contribution in [0.5, 0.6) is 0 Å². The van der Waals surface area contributed by atoms with Crippen LogP contribution in [0.3, 0.4) is 0 Å². The van der Waals surface area contributed by atoms with Crippen LogP contribution in [-0.2, 0) is 6.42 Å². The van der Waals surface area contributed by atoms with E-state index in [4.69, 9.17) is 11.6 Å². The standard InChI is InChI=1S/C14H17ClN2/c1-3-7-16-11(2)10-17-8-6-12-9-13(15)4-5-14(12)17/h3-5,7,9,16H,2,6,8,10H2,1H3/b7-3-. The van der Waals surface area contributed by atoms with Gasteiger partial charge in [0.2, 0.25) is 0 Å². The minimum absolute atomic E-state index is 0.816. The molecule has 1 aliphatic heterocycles. The van der Waals surface area contributed by atoms with Crippen LogP contribution in [0.15, 0.2) is 42.8 Å². The Balaban J connectivity index is 2.04. The highest BCUT2D eigenvalue weighted by molar-refractivity contribution is 6.30. The molecule has 1 aromatic carbocycles. The van der Waals surface area contributed by atoms with E-state index in [0.717, 1.165) is 30.2 Å². The lowest BCUT2D eigenvalue weighted by molar-refractivity contribution is 0.844. The van der Waals surface area contributed by atoms with Crippen LogP contribution in [0.25, 0.3) is 0 Å². The van der Waals surface area contributed by atoms with E-state index in [1.54, 1.807) is 0 Å². The smallest absolute Gasteiger partial charge is 0.0573 e. The second kappa shape index (κ2) is 5.28. The Kier molecular flexibility index (Phi) is 3.75. The van der Waals surface area contributed by atoms with E-state index in [1.165, 1.54) is 11.3 Å². The topological polar surface area (TPSA) is 15.3 Å². The molecule has 1 heterocycles. The van der Waals surface area contributed by atoms with Gasteiger partial charge in [0.05, 0.1) is 6.54 Å². The van der Waals surface area contributed by atoms with Crippen molar-refractivity contribution in [3.05, 3.63) is 53.3 Å². The summed E-state index contributed by atoms with van der Waals surface area (Å²) in [6.07, 6.45) is 4.93. The summed E-state index contributed by atoms with van der Waals surface area (Å²) in [4.78, 5) is 2.32. The summed E-state index contributed by atoms with van der Waals surface area (Å²) in [5.41, 5.74) is 3.61. The zero-order valence-electron chi connectivity index (χ0n) is 10.0. The molecule has 3 heteroatoms. The zero-order valence-corrected chi connectivity index (χ0v) is 10.8. The fourth-order valence-corrected chi connectivity index (χ4v) is 2.27. The van der Waals surface area contributed by atoms with Crippen molar-refractivity contribution in [2.75, 3.05) is 18.0 Å². The fourth-order valence-electron chi connectivity index (χ4n) is 2.08. The van der Waals surface area contributed by atoms with Gasteiger partial charge in [0.15, 0.2) is 0 Å². The molecule has 0 bridgehead atoms. The first-order valence-corrected chi connectivity index (χ1v) is 6.17. The van der Waals surface area contributed by atoms with Crippen molar-refractivity contribution < 1.29 is 0 Å². The van der Waals surface area contributed by atoms with Crippen molar-refractivity contribution in [3.63, 3.8) is 0 Å². The largest absolute Gasteiger partial charge is 0.365 e. The number of halogens is 1. The predicted octanol–water partition coefficient (Wildman–Crippen LogP) is 3.34. The van der Waals surface area contributed by atoms with E-state index in [9.17, 15) is 0 Å². The number of hydrogen-bond donors (Lipinski definition) is 1. The molecule has 0 saturated heterocycles. The van der Waals surface area contributed by atoms with Crippen molar-refractivity contribution in [2.45, 2.75) is 13.3 Å². The van der Waals surface area contributed by atoms with Crippen LogP contribution in [0.1, 0.15) is 12.5 Å². The Labute approximate surface area is 108 Å². The summed E-state index contributed by atoms with van der Waals surface area (Å²) in [5, 5.41) is 3.97. The molecule has 0 spiro atoms. The minimum atomic E-state index is 0.816. The van der Waals surface area contributed by atoms with E-state index >= 15 is 0 Å². The number of benzene rings is 1. The minimum Gasteiger partial charge on any atom is -0.365 e. The zero-order chi connectivity index (χ0) is 12.3. The Bertz CT molecular complexity index is 452. The summed E-state index contributed by atoms with van der Waals surface area (Å²) in [6, 6.07) is 6.09. The molecular formula is C14H17ClN2. The predicted molar refractivity (Wildman–Crippen MR) is 74.5 cm³/mol. The lowest BCUT2D eigenvalue weighted by atomic mass is 10.2. The van der Waals surface area contributed by atoms with Crippen LogP contribution in [-0.4, -0.2) is 13.1 Å². The monoisotopic (exact) mass is 248 g/mol. The number of nitrogens with zero attached hydrogens (tertiary/aromatic N) is 1. The van der Waals surface area contributed by atoms with Gasteiger partial charge in [-0.3, -0.25) is 0 Å². The van der Waals surface area contributed by atoms with Gasteiger partial charge in [-0.1, -0.05) is 24.3 Å². The second-order valence-electron chi connectivity index (χ2n) is 4.19. The van der Waals surface area contributed by atoms with Crippen LogP contribution < -0.4 is 10.2 Å². The van der Waals surface area contributed by atoms with Crippen molar-refractivity contribution in [1.82, 2.24) is 5.32 Å². The average Bonchev–Trinajstić information content (AvgIpc) is 2.69. The molecule has 0 aromatic heterocycles. The van der Waals surface area contributed by atoms with Gasteiger partial charge in [-0.05, 0) is 43.3 Å². The van der Waals surface area contributed by atoms with Gasteiger partial charge in [0.25, 0.3) is 0 Å². The first kappa shape index (κ1) is 12.1. The summed E-state index contributed by atoms with van der Waals surface area (Å²) in [6.45, 7) is 7.86. The molecule has 2 rings (SSSR count). The van der Waals surface area contributed by atoms with Crippen molar-refractivity contribution in [2.24, 2.45) is 0 Å². The summed E-state index contributed by atoms with van der Waals surface area (Å²) in [7, 11) is 0. The molecule has 0 aliphatic carbocycles. The second-order valence-corrected chi connectivity index (χ2v) is 4.63. The molecule has 90 valence electrons. The first-order valence-electron chi connectivity index (χ1n) is 5.79. The molecule has 0 amide bonds. The molecule has 0 saturated carbocycles. The maximum atomic E-state index is 5.99. The van der Waals surface area contributed by atoms with Gasteiger partial charge in [0, 0.05) is 23.0 Å². The lowest BCUT2D eigenvalue weighted by Crippen LogP contribution is -2.26. The molecule has 17 heavy (non-hydrogen) atoms. The van der Waals surface area contributed by atoms with Gasteiger partial charge in [0.1, 0.15) is 0 Å². The van der Waals surface area contributed by atoms with Crippen molar-refractivity contribution in [3.8, 4) is 0 Å². The quantitative estimate of drug-likeness (QED) is 0.879. The highest BCUT2D eigenvalue weighted by Gasteiger charge is 2.19. The van der Waals surface area contributed by atoms with Gasteiger partial charge >= 0.3 is 0 Å². The molecular weight excluding hydrogens is 232 g/mol. The van der Waals surface area contributed by atoms with E-state index in [1.807, 2.05) is 25.3 Å². The number of fused-ring (bicyclic) bond motifs is 1. The molecule has 2 nitrogen and oxygen atoms in total. The number of hydrogen-bond acceptors (Lipinski definition) is 2. The van der Waals surface area contributed by atoms with Crippen LogP contribution in [0.4, 0.5) is 5.69 Å². The highest BCUT2D eigenvalue weighted by Crippen LogP contribution is 2.30. The maximum absolute atomic E-state index is 5.99. The fraction of sp³-hybridized carbons (Fsp3) is 0.286. The summed E-state index contributed by atoms with van der Waals surface area (Å²) in [5.74, 6) is 0. The van der Waals surface area contributed by atoms with E-state index in [0.29, 0.717) is 0 Å². The average molecular weight is 249 g/mol. The summed E-state index contributed by atoms with van der Waals surface area (Å²) >= 11 is 5.99. The van der Waals surface area contributed by atoms with Gasteiger partial charge in [-0.15, -0.1) is 0 Å². The number of allylic oxidation sites excluding steroid dienone is 1. The highest BCUT2D eigenvalue weighted by atomic mass is 35.5. The maximum Gasteiger partial charge on any atom is 0.0573 e. The molecule has 1 aromatic rings. The first-order chi connectivity index (χ1) is 8.20. The third-order valence-corrected chi connectivity index (χ3v) is 3.10. The molecule has 0 unspecified atom stereocenters. The Morgan fingerprint density at radius 2 is 2.41 bits per heavy atom. The number of rotatable bonds is 4. The van der Waals surface area contributed by atoms with Gasteiger partial charge in [-0.2, -0.15) is 0 Å². The van der Waals surface area contributed by atoms with Gasteiger partial charge < -0.3 is 10.2 Å². The SMILES string of the molecule is C=C(CN1CCc2cc(Cl)ccc21)N/C=C\C. The van der Waals surface area contributed by atoms with Crippen LogP contribution in [0, 0.1) is 0 Å². The van der Waals surface area contributed by atoms with Crippen molar-refractivity contribution in [1.29, 1.82) is 0 Å². The Hall–Kier alpha value is -1.41. The van der Waals surface area contributed by atoms with Crippen molar-refractivity contribution >= 4 is 17.3 Å². The number of anilines is 1.